The Kier molecular flexibility index (Phi) is 5.56. The van der Waals surface area contributed by atoms with E-state index in [1.165, 1.54) is 32.1 Å². The molecule has 0 saturated heterocycles. The van der Waals surface area contributed by atoms with Crippen molar-refractivity contribution < 1.29 is 31.1 Å². The van der Waals surface area contributed by atoms with Gasteiger partial charge in [0, 0.05) is 6.08 Å². The summed E-state index contributed by atoms with van der Waals surface area (Å²) in [6.45, 7) is 4.62. The molecule has 0 aliphatic rings. The highest BCUT2D eigenvalue weighted by atomic mass is 19.4. The van der Waals surface area contributed by atoms with E-state index in [-0.39, 0.29) is 17.2 Å². The van der Waals surface area contributed by atoms with Gasteiger partial charge in [-0.25, -0.2) is 4.99 Å². The van der Waals surface area contributed by atoms with Crippen LogP contribution in [0.2, 0.25) is 0 Å². The highest BCUT2D eigenvalue weighted by Gasteiger charge is 2.37. The van der Waals surface area contributed by atoms with Gasteiger partial charge in [-0.3, -0.25) is 0 Å². The van der Waals surface area contributed by atoms with Crippen LogP contribution in [0, 0.1) is 0 Å². The first-order valence-electron chi connectivity index (χ1n) is 7.28. The topological polar surface area (TPSA) is 64.7 Å². The molecule has 0 aliphatic carbocycles. The maximum Gasteiger partial charge on any atom is 0.453 e. The van der Waals surface area contributed by atoms with Crippen molar-refractivity contribution in [1.29, 1.82) is 0 Å². The molecular weight excluding hydrogens is 380 g/mol. The summed E-state index contributed by atoms with van der Waals surface area (Å²) in [5, 5.41) is 10.3. The minimum atomic E-state index is -4.75. The van der Waals surface area contributed by atoms with Crippen molar-refractivity contribution in [3.63, 3.8) is 0 Å². The first kappa shape index (κ1) is 20.4. The number of aromatic nitrogens is 4. The van der Waals surface area contributed by atoms with Crippen molar-refractivity contribution in [1.82, 2.24) is 19.8 Å². The summed E-state index contributed by atoms with van der Waals surface area (Å²) in [7, 11) is 0. The molecule has 0 unspecified atom stereocenters. The number of allylic oxidation sites excluding steroid dienone is 3. The fraction of sp³-hybridized carbons (Fsp3) is 0.333. The average molecular weight is 393 g/mol. The Morgan fingerprint density at radius 3 is 2.41 bits per heavy atom. The van der Waals surface area contributed by atoms with E-state index in [9.17, 15) is 26.3 Å². The Labute approximate surface area is 148 Å². The van der Waals surface area contributed by atoms with E-state index >= 15 is 0 Å². The molecule has 27 heavy (non-hydrogen) atoms. The molecule has 0 fully saturated rings. The monoisotopic (exact) mass is 393 g/mol. The van der Waals surface area contributed by atoms with Gasteiger partial charge in [0.15, 0.2) is 12.3 Å². The molecule has 2 rings (SSSR count). The molecule has 0 aliphatic heterocycles. The number of aliphatic imine (C=N–C) groups is 1. The molecule has 2 heterocycles. The standard InChI is InChI=1S/C15H13F6N5O/c1-8(6-12(22-3)27-7-14(16,17)18)9(2)10-4-5-11-23-24-13(15(19,20)21)26(11)25-10/h4-6H,3,7H2,1-2H3/b9-8+,12-6+. The third kappa shape index (κ3) is 5.05. The lowest BCUT2D eigenvalue weighted by molar-refractivity contribution is -0.164. The molecular formula is C15H13F6N5O. The van der Waals surface area contributed by atoms with Crippen molar-refractivity contribution >= 4 is 17.9 Å². The first-order valence-corrected chi connectivity index (χ1v) is 7.28. The molecule has 0 radical (unpaired) electrons. The van der Waals surface area contributed by atoms with E-state index in [2.05, 4.69) is 31.7 Å². The molecule has 2 aromatic rings. The highest BCUT2D eigenvalue weighted by molar-refractivity contribution is 5.66. The third-order valence-electron chi connectivity index (χ3n) is 3.37. The lowest BCUT2D eigenvalue weighted by Crippen LogP contribution is -2.16. The van der Waals surface area contributed by atoms with Crippen LogP contribution < -0.4 is 0 Å². The molecule has 0 N–H and O–H groups in total. The van der Waals surface area contributed by atoms with E-state index < -0.39 is 24.8 Å². The first-order chi connectivity index (χ1) is 12.4. The number of halogens is 6. The van der Waals surface area contributed by atoms with E-state index in [0.717, 1.165) is 0 Å². The number of hydrogen-bond donors (Lipinski definition) is 0. The van der Waals surface area contributed by atoms with Crippen molar-refractivity contribution in [2.24, 2.45) is 4.99 Å². The molecule has 0 atom stereocenters. The van der Waals surface area contributed by atoms with Gasteiger partial charge in [0.2, 0.25) is 5.88 Å². The molecule has 12 heteroatoms. The Bertz CT molecular complexity index is 910. The zero-order valence-electron chi connectivity index (χ0n) is 14.1. The van der Waals surface area contributed by atoms with Gasteiger partial charge in [0.05, 0.1) is 5.69 Å². The van der Waals surface area contributed by atoms with Crippen molar-refractivity contribution in [3.8, 4) is 0 Å². The van der Waals surface area contributed by atoms with Crippen molar-refractivity contribution in [2.75, 3.05) is 6.61 Å². The quantitative estimate of drug-likeness (QED) is 0.333. The largest absolute Gasteiger partial charge is 0.468 e. The zero-order chi connectivity index (χ0) is 20.4. The number of nitrogens with zero attached hydrogens (tertiary/aromatic N) is 5. The van der Waals surface area contributed by atoms with Crippen LogP contribution in [-0.2, 0) is 10.9 Å². The predicted molar refractivity (Wildman–Crippen MR) is 83.7 cm³/mol. The van der Waals surface area contributed by atoms with Crippen molar-refractivity contribution in [2.45, 2.75) is 26.2 Å². The molecule has 0 spiro atoms. The lowest BCUT2D eigenvalue weighted by Gasteiger charge is -2.10. The minimum Gasteiger partial charge on any atom is -0.468 e. The smallest absolute Gasteiger partial charge is 0.453 e. The molecule has 0 amide bonds. The average Bonchev–Trinajstić information content (AvgIpc) is 3.00. The molecule has 0 bridgehead atoms. The van der Waals surface area contributed by atoms with Crippen LogP contribution in [-0.4, -0.2) is 39.3 Å². The Morgan fingerprint density at radius 2 is 1.85 bits per heavy atom. The van der Waals surface area contributed by atoms with Gasteiger partial charge in [-0.2, -0.15) is 36.0 Å². The third-order valence-corrected chi connectivity index (χ3v) is 3.37. The molecule has 6 nitrogen and oxygen atoms in total. The normalized spacial score (nSPS) is 14.3. The summed E-state index contributed by atoms with van der Waals surface area (Å²) < 4.78 is 80.5. The Balaban J connectivity index is 2.40. The predicted octanol–water partition coefficient (Wildman–Crippen LogP) is 4.06. The van der Waals surface area contributed by atoms with Gasteiger partial charge in [-0.05, 0) is 43.8 Å². The van der Waals surface area contributed by atoms with E-state index in [0.29, 0.717) is 15.7 Å². The van der Waals surface area contributed by atoms with Crippen LogP contribution in [0.15, 0.2) is 34.7 Å². The second-order valence-electron chi connectivity index (χ2n) is 5.36. The fourth-order valence-corrected chi connectivity index (χ4v) is 1.95. The number of rotatable bonds is 5. The van der Waals surface area contributed by atoms with Gasteiger partial charge in [-0.15, -0.1) is 10.2 Å². The maximum absolute atomic E-state index is 12.9. The molecule has 0 aromatic carbocycles. The van der Waals surface area contributed by atoms with Crippen LogP contribution in [0.4, 0.5) is 26.3 Å². The van der Waals surface area contributed by atoms with Crippen LogP contribution in [0.1, 0.15) is 25.4 Å². The highest BCUT2D eigenvalue weighted by Crippen LogP contribution is 2.28. The second kappa shape index (κ2) is 7.37. The van der Waals surface area contributed by atoms with Gasteiger partial charge in [0.25, 0.3) is 5.82 Å². The van der Waals surface area contributed by atoms with Crippen LogP contribution in [0.5, 0.6) is 0 Å². The summed E-state index contributed by atoms with van der Waals surface area (Å²) in [6, 6.07) is 2.70. The summed E-state index contributed by atoms with van der Waals surface area (Å²) in [4.78, 5) is 3.36. The van der Waals surface area contributed by atoms with Gasteiger partial charge in [-0.1, -0.05) is 0 Å². The van der Waals surface area contributed by atoms with Crippen LogP contribution >= 0.6 is 0 Å². The summed E-state index contributed by atoms with van der Waals surface area (Å²) in [5.41, 5.74) is 0.790. The lowest BCUT2D eigenvalue weighted by atomic mass is 10.1. The fourth-order valence-electron chi connectivity index (χ4n) is 1.95. The van der Waals surface area contributed by atoms with Crippen molar-refractivity contribution in [3.05, 3.63) is 41.2 Å². The summed E-state index contributed by atoms with van der Waals surface area (Å²) in [5.74, 6) is -1.67. The Hall–Kier alpha value is -2.92. The minimum absolute atomic E-state index is 0.103. The molecule has 0 saturated carbocycles. The molecule has 2 aromatic heterocycles. The summed E-state index contributed by atoms with van der Waals surface area (Å²) in [6.07, 6.45) is -8.12. The number of fused-ring (bicyclic) bond motifs is 1. The number of hydrogen-bond acceptors (Lipinski definition) is 5. The SMILES string of the molecule is C=N/C(=C\C(C)=C(/C)c1ccc2nnc(C(F)(F)F)n2n1)OCC(F)(F)F. The van der Waals surface area contributed by atoms with Gasteiger partial charge in [0.1, 0.15) is 0 Å². The van der Waals surface area contributed by atoms with Crippen LogP contribution in [0.3, 0.4) is 0 Å². The number of ether oxygens (including phenoxy) is 1. The zero-order valence-corrected chi connectivity index (χ0v) is 14.1. The number of alkyl halides is 6. The Morgan fingerprint density at radius 1 is 1.19 bits per heavy atom. The summed E-state index contributed by atoms with van der Waals surface area (Å²) >= 11 is 0. The maximum atomic E-state index is 12.9. The second-order valence-corrected chi connectivity index (χ2v) is 5.36. The van der Waals surface area contributed by atoms with E-state index in [4.69, 9.17) is 0 Å². The van der Waals surface area contributed by atoms with Gasteiger partial charge < -0.3 is 4.74 Å². The molecule has 146 valence electrons. The van der Waals surface area contributed by atoms with Crippen LogP contribution in [0.25, 0.3) is 11.2 Å². The van der Waals surface area contributed by atoms with E-state index in [1.54, 1.807) is 0 Å². The van der Waals surface area contributed by atoms with E-state index in [1.807, 2.05) is 0 Å². The van der Waals surface area contributed by atoms with Gasteiger partial charge >= 0.3 is 12.4 Å².